The highest BCUT2D eigenvalue weighted by atomic mass is 32.2. The summed E-state index contributed by atoms with van der Waals surface area (Å²) in [6.45, 7) is 8.81. The lowest BCUT2D eigenvalue weighted by Crippen LogP contribution is -2.29. The second-order valence-corrected chi connectivity index (χ2v) is 14.6. The number of nitrogens with zero attached hydrogens (tertiary/aromatic N) is 3. The second-order valence-electron chi connectivity index (χ2n) is 12.4. The van der Waals surface area contributed by atoms with Gasteiger partial charge < -0.3 is 9.84 Å². The molecule has 1 aliphatic rings. The highest BCUT2D eigenvalue weighted by Crippen LogP contribution is 2.44. The van der Waals surface area contributed by atoms with Crippen LogP contribution in [0, 0.1) is 6.92 Å². The minimum absolute atomic E-state index is 0.000719. The van der Waals surface area contributed by atoms with E-state index < -0.39 is 17.7 Å². The van der Waals surface area contributed by atoms with Gasteiger partial charge in [-0.05, 0) is 64.4 Å². The maximum Gasteiger partial charge on any atom is 0.301 e. The zero-order valence-electron chi connectivity index (χ0n) is 26.6. The second kappa shape index (κ2) is 13.6. The van der Waals surface area contributed by atoms with Gasteiger partial charge in [0.15, 0.2) is 4.34 Å². The number of aliphatic hydroxyl groups excluding tert-OH is 1. The number of thioether (sulfide) groups is 1. The summed E-state index contributed by atoms with van der Waals surface area (Å²) in [4.78, 5) is 28.8. The van der Waals surface area contributed by atoms with Crippen LogP contribution in [-0.4, -0.2) is 27.0 Å². The van der Waals surface area contributed by atoms with Crippen molar-refractivity contribution in [1.29, 1.82) is 0 Å². The van der Waals surface area contributed by atoms with Gasteiger partial charge in [-0.3, -0.25) is 14.5 Å². The summed E-state index contributed by atoms with van der Waals surface area (Å²) >= 11 is 2.76. The number of rotatable bonds is 9. The number of Topliss-reactive ketones (excluding diaryl/α,β-unsaturated/α-hetero) is 1. The molecule has 1 fully saturated rings. The molecule has 1 aromatic heterocycles. The molecule has 0 spiro atoms. The summed E-state index contributed by atoms with van der Waals surface area (Å²) < 4.78 is 6.66. The van der Waals surface area contributed by atoms with E-state index in [1.165, 1.54) is 28.0 Å². The number of benzene rings is 4. The molecule has 5 aromatic rings. The molecule has 1 N–H and O–H groups in total. The van der Waals surface area contributed by atoms with E-state index in [-0.39, 0.29) is 16.7 Å². The molecule has 0 aliphatic carbocycles. The topological polar surface area (TPSA) is 92.6 Å². The van der Waals surface area contributed by atoms with E-state index in [4.69, 9.17) is 4.74 Å². The van der Waals surface area contributed by atoms with Gasteiger partial charge in [0.2, 0.25) is 5.13 Å². The van der Waals surface area contributed by atoms with Crippen LogP contribution < -0.4 is 9.64 Å². The molecule has 1 unspecified atom stereocenters. The molecule has 7 nitrogen and oxygen atoms in total. The van der Waals surface area contributed by atoms with Gasteiger partial charge >= 0.3 is 5.91 Å². The number of amides is 1. The zero-order valence-corrected chi connectivity index (χ0v) is 28.3. The number of hydrogen-bond donors (Lipinski definition) is 1. The van der Waals surface area contributed by atoms with Crippen molar-refractivity contribution < 1.29 is 19.4 Å². The molecular weight excluding hydrogens is 627 g/mol. The van der Waals surface area contributed by atoms with Crippen molar-refractivity contribution >= 4 is 45.7 Å². The summed E-state index contributed by atoms with van der Waals surface area (Å²) in [6.07, 6.45) is 0. The third-order valence-electron chi connectivity index (χ3n) is 8.13. The highest BCUT2D eigenvalue weighted by molar-refractivity contribution is 8.00. The number of ether oxygens (including phenoxy) is 1. The Labute approximate surface area is 283 Å². The lowest BCUT2D eigenvalue weighted by Gasteiger charge is -2.24. The number of carbonyl (C=O) groups is 2. The fraction of sp³-hybridized carbons (Fsp3) is 0.211. The van der Waals surface area contributed by atoms with Gasteiger partial charge in [0, 0.05) is 11.3 Å². The van der Waals surface area contributed by atoms with Crippen LogP contribution in [0.5, 0.6) is 5.75 Å². The van der Waals surface area contributed by atoms with Crippen LogP contribution in [0.4, 0.5) is 5.13 Å². The van der Waals surface area contributed by atoms with E-state index in [1.54, 1.807) is 24.3 Å². The first kappa shape index (κ1) is 32.2. The minimum atomic E-state index is -0.888. The van der Waals surface area contributed by atoms with Crippen LogP contribution in [0.1, 0.15) is 60.2 Å². The third kappa shape index (κ3) is 7.01. The molecule has 4 aromatic carbocycles. The Hall–Kier alpha value is -4.73. The van der Waals surface area contributed by atoms with Crippen molar-refractivity contribution in [3.05, 3.63) is 142 Å². The first-order valence-electron chi connectivity index (χ1n) is 15.3. The van der Waals surface area contributed by atoms with Gasteiger partial charge in [-0.15, -0.1) is 10.2 Å². The Morgan fingerprint density at radius 1 is 0.894 bits per heavy atom. The molecule has 1 atom stereocenters. The molecule has 1 amide bonds. The van der Waals surface area contributed by atoms with Gasteiger partial charge in [0.05, 0.1) is 11.6 Å². The van der Waals surface area contributed by atoms with Gasteiger partial charge in [0.25, 0.3) is 5.78 Å². The van der Waals surface area contributed by atoms with E-state index in [9.17, 15) is 14.7 Å². The Morgan fingerprint density at radius 2 is 1.57 bits per heavy atom. The van der Waals surface area contributed by atoms with E-state index in [0.717, 1.165) is 22.3 Å². The van der Waals surface area contributed by atoms with Crippen LogP contribution in [0.3, 0.4) is 0 Å². The predicted octanol–water partition coefficient (Wildman–Crippen LogP) is 8.64. The van der Waals surface area contributed by atoms with Gasteiger partial charge in [-0.2, -0.15) is 0 Å². The van der Waals surface area contributed by atoms with Crippen LogP contribution in [0.25, 0.3) is 5.76 Å². The largest absolute Gasteiger partial charge is 0.507 e. The number of anilines is 1. The number of aliphatic hydroxyl groups is 1. The van der Waals surface area contributed by atoms with Gasteiger partial charge in [-0.25, -0.2) is 0 Å². The Kier molecular flexibility index (Phi) is 9.29. The van der Waals surface area contributed by atoms with Gasteiger partial charge in [0.1, 0.15) is 18.1 Å². The van der Waals surface area contributed by atoms with Crippen molar-refractivity contribution in [3.8, 4) is 5.75 Å². The molecular formula is C38H35N3O4S2. The van der Waals surface area contributed by atoms with Crippen LogP contribution >= 0.6 is 23.1 Å². The normalized spacial score (nSPS) is 16.1. The SMILES string of the molecule is Cc1ccccc1COc1ccc(C(O)=C2C(=O)C(=O)N(c3nnc(SCc4ccccc4)s3)C2c2ccc(C(C)(C)C)cc2)cc1. The molecule has 0 bridgehead atoms. The quantitative estimate of drug-likeness (QED) is 0.0556. The fourth-order valence-electron chi connectivity index (χ4n) is 5.39. The average Bonchev–Trinajstić information content (AvgIpc) is 3.65. The number of carbonyl (C=O) groups excluding carboxylic acids is 2. The molecule has 9 heteroatoms. The maximum atomic E-state index is 13.7. The van der Waals surface area contributed by atoms with Crippen LogP contribution in [-0.2, 0) is 27.4 Å². The summed E-state index contributed by atoms with van der Waals surface area (Å²) in [6, 6.07) is 31.8. The van der Waals surface area contributed by atoms with Crippen molar-refractivity contribution in [1.82, 2.24) is 10.2 Å². The smallest absolute Gasteiger partial charge is 0.301 e. The van der Waals surface area contributed by atoms with Gasteiger partial charge in [-0.1, -0.05) is 123 Å². The monoisotopic (exact) mass is 661 g/mol. The first-order valence-corrected chi connectivity index (χ1v) is 17.1. The standard InChI is InChI=1S/C38H35N3O4S2/c1-24-10-8-9-13-28(24)22-45-30-20-16-27(17-21-30)33(42)31-32(26-14-18-29(19-15-26)38(2,3)4)41(35(44)34(31)43)36-39-40-37(47-36)46-23-25-11-6-5-7-12-25/h5-21,32,42H,22-23H2,1-4H3. The number of aromatic nitrogens is 2. The minimum Gasteiger partial charge on any atom is -0.507 e. The summed E-state index contributed by atoms with van der Waals surface area (Å²) in [7, 11) is 0. The predicted molar refractivity (Wildman–Crippen MR) is 188 cm³/mol. The molecule has 0 saturated carbocycles. The summed E-state index contributed by atoms with van der Waals surface area (Å²) in [5.74, 6) is -0.485. The first-order chi connectivity index (χ1) is 22.6. The molecule has 47 heavy (non-hydrogen) atoms. The Balaban J connectivity index is 1.33. The Morgan fingerprint density at radius 3 is 2.26 bits per heavy atom. The molecule has 238 valence electrons. The molecule has 0 radical (unpaired) electrons. The summed E-state index contributed by atoms with van der Waals surface area (Å²) in [5, 5.41) is 20.6. The molecule has 6 rings (SSSR count). The van der Waals surface area contributed by atoms with Crippen LogP contribution in [0.15, 0.2) is 113 Å². The van der Waals surface area contributed by atoms with Crippen molar-refractivity contribution in [2.45, 2.75) is 55.9 Å². The molecule has 1 saturated heterocycles. The van der Waals surface area contributed by atoms with E-state index in [1.807, 2.05) is 85.8 Å². The average molecular weight is 662 g/mol. The number of hydrogen-bond acceptors (Lipinski definition) is 8. The van der Waals surface area contributed by atoms with E-state index in [2.05, 4.69) is 31.0 Å². The number of ketones is 1. The van der Waals surface area contributed by atoms with E-state index in [0.29, 0.717) is 38.7 Å². The van der Waals surface area contributed by atoms with Crippen molar-refractivity contribution in [2.24, 2.45) is 0 Å². The Bertz CT molecular complexity index is 1930. The number of aryl methyl sites for hydroxylation is 1. The van der Waals surface area contributed by atoms with Crippen molar-refractivity contribution in [3.63, 3.8) is 0 Å². The molecule has 1 aliphatic heterocycles. The lowest BCUT2D eigenvalue weighted by atomic mass is 9.85. The maximum absolute atomic E-state index is 13.7. The fourth-order valence-corrected chi connectivity index (χ4v) is 7.21. The van der Waals surface area contributed by atoms with Crippen molar-refractivity contribution in [2.75, 3.05) is 4.90 Å². The van der Waals surface area contributed by atoms with Crippen LogP contribution in [0.2, 0.25) is 0 Å². The zero-order chi connectivity index (χ0) is 33.1. The summed E-state index contributed by atoms with van der Waals surface area (Å²) in [5.41, 5.74) is 5.46. The van der Waals surface area contributed by atoms with E-state index >= 15 is 0 Å². The molecule has 2 heterocycles. The third-order valence-corrected chi connectivity index (χ3v) is 10.3. The highest BCUT2D eigenvalue weighted by Gasteiger charge is 2.48. The lowest BCUT2D eigenvalue weighted by molar-refractivity contribution is -0.132.